The minimum atomic E-state index is -0.0878. The molecule has 0 saturated carbocycles. The SMILES string of the molecule is Cc1cc(N(C)Cc2nc3ccsc3c(=O)[nH]2)nc(C(C)C)n1. The van der Waals surface area contributed by atoms with Crippen LogP contribution in [0.1, 0.15) is 37.1 Å². The van der Waals surface area contributed by atoms with Crippen molar-refractivity contribution in [2.24, 2.45) is 0 Å². The predicted molar refractivity (Wildman–Crippen MR) is 93.2 cm³/mol. The molecule has 0 atom stereocenters. The van der Waals surface area contributed by atoms with Crippen molar-refractivity contribution in [1.29, 1.82) is 0 Å². The molecule has 0 unspecified atom stereocenters. The van der Waals surface area contributed by atoms with Crippen LogP contribution in [0.2, 0.25) is 0 Å². The number of aryl methyl sites for hydroxylation is 1. The van der Waals surface area contributed by atoms with E-state index < -0.39 is 0 Å². The van der Waals surface area contributed by atoms with E-state index in [1.54, 1.807) is 0 Å². The van der Waals surface area contributed by atoms with Crippen LogP contribution in [-0.2, 0) is 6.54 Å². The van der Waals surface area contributed by atoms with Crippen LogP contribution in [0.5, 0.6) is 0 Å². The quantitative estimate of drug-likeness (QED) is 0.796. The monoisotopic (exact) mass is 329 g/mol. The van der Waals surface area contributed by atoms with Gasteiger partial charge in [-0.05, 0) is 18.4 Å². The molecule has 3 aromatic rings. The lowest BCUT2D eigenvalue weighted by Crippen LogP contribution is -2.22. The molecule has 23 heavy (non-hydrogen) atoms. The van der Waals surface area contributed by atoms with Gasteiger partial charge < -0.3 is 9.88 Å². The van der Waals surface area contributed by atoms with E-state index >= 15 is 0 Å². The molecule has 1 N–H and O–H groups in total. The van der Waals surface area contributed by atoms with Crippen LogP contribution in [0, 0.1) is 6.92 Å². The van der Waals surface area contributed by atoms with Gasteiger partial charge in [-0.25, -0.2) is 15.0 Å². The van der Waals surface area contributed by atoms with E-state index in [4.69, 9.17) is 0 Å². The highest BCUT2D eigenvalue weighted by Gasteiger charge is 2.12. The third-order valence-electron chi connectivity index (χ3n) is 3.52. The van der Waals surface area contributed by atoms with E-state index in [0.717, 1.165) is 22.9 Å². The second kappa shape index (κ2) is 6.08. The van der Waals surface area contributed by atoms with Crippen molar-refractivity contribution >= 4 is 27.4 Å². The van der Waals surface area contributed by atoms with Gasteiger partial charge in [0.1, 0.15) is 22.2 Å². The summed E-state index contributed by atoms with van der Waals surface area (Å²) in [6, 6.07) is 3.80. The van der Waals surface area contributed by atoms with Crippen LogP contribution in [-0.4, -0.2) is 27.0 Å². The summed E-state index contributed by atoms with van der Waals surface area (Å²) in [5.41, 5.74) is 1.58. The molecule has 0 aliphatic heterocycles. The summed E-state index contributed by atoms with van der Waals surface area (Å²) >= 11 is 1.40. The third kappa shape index (κ3) is 3.24. The number of hydrogen-bond donors (Lipinski definition) is 1. The number of H-pyrrole nitrogens is 1. The Kier molecular flexibility index (Phi) is 4.12. The molecule has 0 fully saturated rings. The molecule has 0 bridgehead atoms. The number of hydrogen-bond acceptors (Lipinski definition) is 6. The smallest absolute Gasteiger partial charge is 0.268 e. The predicted octanol–water partition coefficient (Wildman–Crippen LogP) is 2.84. The number of aromatic nitrogens is 4. The van der Waals surface area contributed by atoms with Gasteiger partial charge >= 0.3 is 0 Å². The van der Waals surface area contributed by atoms with E-state index in [9.17, 15) is 4.79 Å². The highest BCUT2D eigenvalue weighted by Crippen LogP contribution is 2.18. The van der Waals surface area contributed by atoms with Crippen molar-refractivity contribution in [2.45, 2.75) is 33.2 Å². The fourth-order valence-corrected chi connectivity index (χ4v) is 3.06. The Morgan fingerprint density at radius 2 is 2.09 bits per heavy atom. The molecule has 0 aromatic carbocycles. The minimum Gasteiger partial charge on any atom is -0.352 e. The summed E-state index contributed by atoms with van der Waals surface area (Å²) in [4.78, 5) is 30.4. The van der Waals surface area contributed by atoms with Crippen LogP contribution in [0.4, 0.5) is 5.82 Å². The zero-order valence-electron chi connectivity index (χ0n) is 13.6. The lowest BCUT2D eigenvalue weighted by Gasteiger charge is -2.19. The van der Waals surface area contributed by atoms with Gasteiger partial charge in [0.25, 0.3) is 5.56 Å². The van der Waals surface area contributed by atoms with Gasteiger partial charge in [-0.1, -0.05) is 13.8 Å². The van der Waals surface area contributed by atoms with Gasteiger partial charge in [-0.3, -0.25) is 4.79 Å². The molecule has 0 saturated heterocycles. The highest BCUT2D eigenvalue weighted by atomic mass is 32.1. The highest BCUT2D eigenvalue weighted by molar-refractivity contribution is 7.17. The normalized spacial score (nSPS) is 11.3. The van der Waals surface area contributed by atoms with Crippen LogP contribution in [0.25, 0.3) is 10.2 Å². The Hall–Kier alpha value is -2.28. The average Bonchev–Trinajstić information content (AvgIpc) is 2.95. The number of nitrogens with zero attached hydrogens (tertiary/aromatic N) is 4. The molecule has 0 aliphatic rings. The fourth-order valence-electron chi connectivity index (χ4n) is 2.33. The lowest BCUT2D eigenvalue weighted by molar-refractivity contribution is 0.748. The molecule has 0 spiro atoms. The van der Waals surface area contributed by atoms with E-state index in [1.807, 2.05) is 36.4 Å². The maximum Gasteiger partial charge on any atom is 0.268 e. The molecule has 120 valence electrons. The maximum absolute atomic E-state index is 12.0. The third-order valence-corrected chi connectivity index (χ3v) is 4.42. The Morgan fingerprint density at radius 1 is 1.30 bits per heavy atom. The molecule has 6 nitrogen and oxygen atoms in total. The molecule has 0 amide bonds. The van der Waals surface area contributed by atoms with Gasteiger partial charge in [0, 0.05) is 24.7 Å². The molecule has 7 heteroatoms. The first-order chi connectivity index (χ1) is 10.9. The Labute approximate surface area is 138 Å². The van der Waals surface area contributed by atoms with Crippen LogP contribution in [0.15, 0.2) is 22.3 Å². The second-order valence-corrected chi connectivity index (χ2v) is 6.80. The average molecular weight is 329 g/mol. The fraction of sp³-hybridized carbons (Fsp3) is 0.375. The van der Waals surface area contributed by atoms with E-state index in [1.165, 1.54) is 11.3 Å². The van der Waals surface area contributed by atoms with E-state index in [2.05, 4.69) is 33.8 Å². The molecule has 0 aliphatic carbocycles. The summed E-state index contributed by atoms with van der Waals surface area (Å²) in [5, 5.41) is 1.88. The number of thiophene rings is 1. The van der Waals surface area contributed by atoms with Crippen molar-refractivity contribution in [2.75, 3.05) is 11.9 Å². The number of rotatable bonds is 4. The van der Waals surface area contributed by atoms with Gasteiger partial charge in [-0.2, -0.15) is 0 Å². The summed E-state index contributed by atoms with van der Waals surface area (Å²) in [5.74, 6) is 2.55. The Bertz CT molecular complexity index is 899. The molecule has 3 rings (SSSR count). The largest absolute Gasteiger partial charge is 0.352 e. The Morgan fingerprint density at radius 3 is 2.83 bits per heavy atom. The van der Waals surface area contributed by atoms with Crippen LogP contribution < -0.4 is 10.5 Å². The topological polar surface area (TPSA) is 74.8 Å². The summed E-state index contributed by atoms with van der Waals surface area (Å²) in [6.45, 7) is 6.58. The van der Waals surface area contributed by atoms with Crippen molar-refractivity contribution in [3.63, 3.8) is 0 Å². The summed E-state index contributed by atoms with van der Waals surface area (Å²) in [6.07, 6.45) is 0. The molecular weight excluding hydrogens is 310 g/mol. The second-order valence-electron chi connectivity index (χ2n) is 5.88. The van der Waals surface area contributed by atoms with Crippen molar-refractivity contribution in [3.8, 4) is 0 Å². The zero-order valence-corrected chi connectivity index (χ0v) is 14.4. The first kappa shape index (κ1) is 15.6. The number of aromatic amines is 1. The Balaban J connectivity index is 1.91. The summed E-state index contributed by atoms with van der Waals surface area (Å²) < 4.78 is 0.663. The summed E-state index contributed by atoms with van der Waals surface area (Å²) in [7, 11) is 1.93. The zero-order chi connectivity index (χ0) is 16.6. The van der Waals surface area contributed by atoms with E-state index in [0.29, 0.717) is 17.1 Å². The van der Waals surface area contributed by atoms with Gasteiger partial charge in [0.15, 0.2) is 0 Å². The van der Waals surface area contributed by atoms with E-state index in [-0.39, 0.29) is 11.5 Å². The van der Waals surface area contributed by atoms with Gasteiger partial charge in [0.2, 0.25) is 0 Å². The van der Waals surface area contributed by atoms with Crippen molar-refractivity contribution < 1.29 is 0 Å². The molecule has 3 aromatic heterocycles. The van der Waals surface area contributed by atoms with Crippen molar-refractivity contribution in [3.05, 3.63) is 45.2 Å². The van der Waals surface area contributed by atoms with Crippen LogP contribution >= 0.6 is 11.3 Å². The van der Waals surface area contributed by atoms with Gasteiger partial charge in [0.05, 0.1) is 12.1 Å². The minimum absolute atomic E-state index is 0.0878. The number of anilines is 1. The number of fused-ring (bicyclic) bond motifs is 1. The molecule has 0 radical (unpaired) electrons. The van der Waals surface area contributed by atoms with Crippen molar-refractivity contribution in [1.82, 2.24) is 19.9 Å². The standard InChI is InChI=1S/C16H19N5OS/c1-9(2)15-17-10(3)7-13(20-15)21(4)8-12-18-11-5-6-23-14(11)16(22)19-12/h5-7,9H,8H2,1-4H3,(H,18,19,22). The van der Waals surface area contributed by atoms with Gasteiger partial charge in [-0.15, -0.1) is 11.3 Å². The molecular formula is C16H19N5OS. The molecule has 3 heterocycles. The number of nitrogens with one attached hydrogen (secondary N) is 1. The first-order valence-electron chi connectivity index (χ1n) is 7.47. The maximum atomic E-state index is 12.0. The van der Waals surface area contributed by atoms with Crippen LogP contribution in [0.3, 0.4) is 0 Å². The first-order valence-corrected chi connectivity index (χ1v) is 8.35. The lowest BCUT2D eigenvalue weighted by atomic mass is 10.2.